The predicted molar refractivity (Wildman–Crippen MR) is 125 cm³/mol. The summed E-state index contributed by atoms with van der Waals surface area (Å²) in [7, 11) is 0. The van der Waals surface area contributed by atoms with Crippen LogP contribution >= 0.6 is 0 Å². The summed E-state index contributed by atoms with van der Waals surface area (Å²) in [6.07, 6.45) is 7.04. The van der Waals surface area contributed by atoms with Gasteiger partial charge >= 0.3 is 0 Å². The molecule has 1 aliphatic rings. The lowest BCUT2D eigenvalue weighted by molar-refractivity contribution is 0.0968. The van der Waals surface area contributed by atoms with Gasteiger partial charge in [0.25, 0.3) is 0 Å². The van der Waals surface area contributed by atoms with Gasteiger partial charge in [-0.25, -0.2) is 4.52 Å². The second-order valence-corrected chi connectivity index (χ2v) is 8.45. The van der Waals surface area contributed by atoms with Crippen LogP contribution < -0.4 is 0 Å². The number of fused-ring (bicyclic) bond motifs is 1. The maximum atomic E-state index is 5.81. The maximum absolute atomic E-state index is 5.81. The van der Waals surface area contributed by atoms with Crippen LogP contribution in [0.25, 0.3) is 5.52 Å². The van der Waals surface area contributed by atoms with Crippen LogP contribution in [0.4, 0.5) is 0 Å². The molecule has 0 amide bonds. The molecule has 3 heterocycles. The molecule has 2 aromatic rings. The third-order valence-electron chi connectivity index (χ3n) is 5.50. The van der Waals surface area contributed by atoms with Gasteiger partial charge in [-0.1, -0.05) is 54.5 Å². The minimum atomic E-state index is 0.470. The fraction of sp³-hybridized carbons (Fsp3) is 0.720. The molecule has 1 aliphatic heterocycles. The third kappa shape index (κ3) is 8.88. The molecule has 0 spiro atoms. The Morgan fingerprint density at radius 1 is 1.03 bits per heavy atom. The molecular weight excluding hydrogens is 358 g/mol. The molecular formula is C25H45N3O. The Morgan fingerprint density at radius 2 is 1.72 bits per heavy atom. The first kappa shape index (κ1) is 25.6. The number of hydrogen-bond acceptors (Lipinski definition) is 3. The highest BCUT2D eigenvalue weighted by Gasteiger charge is 2.28. The van der Waals surface area contributed by atoms with Gasteiger partial charge in [0.2, 0.25) is 0 Å². The molecule has 1 saturated heterocycles. The number of pyridine rings is 1. The number of likely N-dealkylation sites (tertiary alicyclic amines) is 1. The molecule has 0 saturated carbocycles. The maximum Gasteiger partial charge on any atom is 0.0906 e. The molecule has 4 heteroatoms. The topological polar surface area (TPSA) is 29.8 Å². The molecule has 0 N–H and O–H groups in total. The lowest BCUT2D eigenvalue weighted by Crippen LogP contribution is -2.38. The summed E-state index contributed by atoms with van der Waals surface area (Å²) in [5, 5.41) is 4.51. The molecule has 4 nitrogen and oxygen atoms in total. The van der Waals surface area contributed by atoms with Crippen molar-refractivity contribution in [3.8, 4) is 0 Å². The smallest absolute Gasteiger partial charge is 0.0906 e. The molecule has 2 aromatic heterocycles. The highest BCUT2D eigenvalue weighted by molar-refractivity contribution is 5.46. The highest BCUT2D eigenvalue weighted by atomic mass is 16.5. The standard InChI is InChI=1S/C21H33N3O.2C2H6/c1-21(2,3)18-9-13-23(14-10-18)11-6-7-15-25-17-19-16-20-8-4-5-12-24(20)22-19;2*1-2/h4-5,8,12,16,18H,6-7,9-11,13-15,17H2,1-3H3;2*1-2H3. The first-order chi connectivity index (χ1) is 14.0. The number of hydrogen-bond donors (Lipinski definition) is 0. The first-order valence-electron chi connectivity index (χ1n) is 11.8. The Bertz CT molecular complexity index is 618. The number of ether oxygens (including phenoxy) is 1. The molecule has 0 aromatic carbocycles. The van der Waals surface area contributed by atoms with E-state index < -0.39 is 0 Å². The number of rotatable bonds is 7. The minimum absolute atomic E-state index is 0.470. The number of nitrogens with zero attached hydrogens (tertiary/aromatic N) is 3. The van der Waals surface area contributed by atoms with Crippen molar-refractivity contribution >= 4 is 5.52 Å². The summed E-state index contributed by atoms with van der Waals surface area (Å²) in [4.78, 5) is 2.63. The van der Waals surface area contributed by atoms with E-state index in [9.17, 15) is 0 Å². The summed E-state index contributed by atoms with van der Waals surface area (Å²) >= 11 is 0. The number of aromatic nitrogens is 2. The van der Waals surface area contributed by atoms with Gasteiger partial charge in [-0.3, -0.25) is 0 Å². The second-order valence-electron chi connectivity index (χ2n) is 8.45. The average molecular weight is 404 g/mol. The van der Waals surface area contributed by atoms with Crippen molar-refractivity contribution in [1.82, 2.24) is 14.5 Å². The van der Waals surface area contributed by atoms with E-state index in [-0.39, 0.29) is 0 Å². The van der Waals surface area contributed by atoms with Gasteiger partial charge in [0.15, 0.2) is 0 Å². The van der Waals surface area contributed by atoms with Gasteiger partial charge in [0, 0.05) is 12.8 Å². The van der Waals surface area contributed by atoms with Gasteiger partial charge < -0.3 is 9.64 Å². The quantitative estimate of drug-likeness (QED) is 0.498. The van der Waals surface area contributed by atoms with Crippen LogP contribution in [0.2, 0.25) is 0 Å². The van der Waals surface area contributed by atoms with E-state index in [4.69, 9.17) is 4.74 Å². The zero-order valence-electron chi connectivity index (χ0n) is 20.1. The van der Waals surface area contributed by atoms with E-state index in [0.29, 0.717) is 12.0 Å². The summed E-state index contributed by atoms with van der Waals surface area (Å²) in [5.41, 5.74) is 2.60. The SMILES string of the molecule is CC.CC.CC(C)(C)C1CCN(CCCCOCc2cc3ccccn3n2)CC1. The Hall–Kier alpha value is -1.39. The Balaban J connectivity index is 0.000000989. The van der Waals surface area contributed by atoms with Gasteiger partial charge in [0.1, 0.15) is 0 Å². The summed E-state index contributed by atoms with van der Waals surface area (Å²) in [6.45, 7) is 20.3. The van der Waals surface area contributed by atoms with Crippen LogP contribution in [0.3, 0.4) is 0 Å². The van der Waals surface area contributed by atoms with Crippen LogP contribution in [0, 0.1) is 11.3 Å². The van der Waals surface area contributed by atoms with E-state index in [1.165, 1.54) is 38.9 Å². The summed E-state index contributed by atoms with van der Waals surface area (Å²) < 4.78 is 7.71. The van der Waals surface area contributed by atoms with Crippen molar-refractivity contribution in [2.45, 2.75) is 80.8 Å². The van der Waals surface area contributed by atoms with Crippen LogP contribution in [0.1, 0.15) is 79.8 Å². The monoisotopic (exact) mass is 403 g/mol. The molecule has 0 atom stereocenters. The van der Waals surface area contributed by atoms with Crippen molar-refractivity contribution in [2.75, 3.05) is 26.2 Å². The van der Waals surface area contributed by atoms with Gasteiger partial charge in [-0.2, -0.15) is 5.10 Å². The van der Waals surface area contributed by atoms with Crippen molar-refractivity contribution in [3.05, 3.63) is 36.2 Å². The molecule has 1 fully saturated rings. The van der Waals surface area contributed by atoms with Crippen LogP contribution in [-0.4, -0.2) is 40.8 Å². The number of piperidine rings is 1. The van der Waals surface area contributed by atoms with Crippen LogP contribution in [0.15, 0.2) is 30.5 Å². The van der Waals surface area contributed by atoms with E-state index in [1.807, 2.05) is 50.5 Å². The van der Waals surface area contributed by atoms with Crippen molar-refractivity contribution < 1.29 is 4.74 Å². The zero-order valence-corrected chi connectivity index (χ0v) is 20.1. The van der Waals surface area contributed by atoms with E-state index >= 15 is 0 Å². The molecule has 166 valence electrons. The molecule has 0 bridgehead atoms. The van der Waals surface area contributed by atoms with E-state index in [0.717, 1.165) is 30.2 Å². The minimum Gasteiger partial charge on any atom is -0.375 e. The van der Waals surface area contributed by atoms with Gasteiger partial charge in [0.05, 0.1) is 17.8 Å². The van der Waals surface area contributed by atoms with Gasteiger partial charge in [-0.05, 0) is 74.8 Å². The Kier molecular flexibility index (Phi) is 12.2. The largest absolute Gasteiger partial charge is 0.375 e. The second kappa shape index (κ2) is 13.8. The van der Waals surface area contributed by atoms with Crippen molar-refractivity contribution in [3.63, 3.8) is 0 Å². The number of unbranched alkanes of at least 4 members (excludes halogenated alkanes) is 1. The summed E-state index contributed by atoms with van der Waals surface area (Å²) in [6, 6.07) is 8.19. The van der Waals surface area contributed by atoms with Crippen molar-refractivity contribution in [2.24, 2.45) is 11.3 Å². The summed E-state index contributed by atoms with van der Waals surface area (Å²) in [5.74, 6) is 0.887. The van der Waals surface area contributed by atoms with E-state index in [2.05, 4.69) is 42.9 Å². The predicted octanol–water partition coefficient (Wildman–Crippen LogP) is 6.44. The lowest BCUT2D eigenvalue weighted by atomic mass is 9.75. The molecule has 3 rings (SSSR count). The zero-order chi connectivity index (χ0) is 21.7. The van der Waals surface area contributed by atoms with Crippen LogP contribution in [0.5, 0.6) is 0 Å². The lowest BCUT2D eigenvalue weighted by Gasteiger charge is -2.38. The van der Waals surface area contributed by atoms with Crippen LogP contribution in [-0.2, 0) is 11.3 Å². The fourth-order valence-electron chi connectivity index (χ4n) is 3.80. The molecule has 0 unspecified atom stereocenters. The fourth-order valence-corrected chi connectivity index (χ4v) is 3.80. The first-order valence-corrected chi connectivity index (χ1v) is 11.8. The third-order valence-corrected chi connectivity index (χ3v) is 5.50. The molecule has 0 radical (unpaired) electrons. The normalized spacial score (nSPS) is 15.4. The molecule has 0 aliphatic carbocycles. The van der Waals surface area contributed by atoms with E-state index in [1.54, 1.807) is 0 Å². The molecule has 29 heavy (non-hydrogen) atoms. The van der Waals surface area contributed by atoms with Crippen molar-refractivity contribution in [1.29, 1.82) is 0 Å². The Labute approximate surface area is 179 Å². The van der Waals surface area contributed by atoms with Gasteiger partial charge in [-0.15, -0.1) is 0 Å². The highest BCUT2D eigenvalue weighted by Crippen LogP contribution is 2.34. The Morgan fingerprint density at radius 3 is 2.34 bits per heavy atom. The average Bonchev–Trinajstić information content (AvgIpc) is 3.16.